The van der Waals surface area contributed by atoms with Crippen molar-refractivity contribution < 1.29 is 10.3 Å². The first-order chi connectivity index (χ1) is 8.58. The number of oxime groups is 1. The average molecular weight is 272 g/mol. The van der Waals surface area contributed by atoms with Crippen LogP contribution in [0.2, 0.25) is 5.02 Å². The minimum absolute atomic E-state index is 0.0258. The summed E-state index contributed by atoms with van der Waals surface area (Å²) in [7, 11) is 0. The Labute approximate surface area is 111 Å². The van der Waals surface area contributed by atoms with Gasteiger partial charge in [0.1, 0.15) is 0 Å². The van der Waals surface area contributed by atoms with Crippen LogP contribution in [0.5, 0.6) is 0 Å². The Morgan fingerprint density at radius 1 is 1.56 bits per heavy atom. The van der Waals surface area contributed by atoms with E-state index in [2.05, 4.69) is 10.5 Å². The molecule has 0 aliphatic rings. The first-order valence-electron chi connectivity index (χ1n) is 5.73. The Hall–Kier alpha value is -1.30. The van der Waals surface area contributed by atoms with E-state index in [1.54, 1.807) is 18.2 Å². The number of hydrogen-bond acceptors (Lipinski definition) is 4. The summed E-state index contributed by atoms with van der Waals surface area (Å²) < 4.78 is 0. The van der Waals surface area contributed by atoms with Crippen LogP contribution in [0, 0.1) is 0 Å². The number of aliphatic hydroxyl groups excluding tert-OH is 1. The molecule has 0 saturated carbocycles. The minimum atomic E-state index is -0.347. The second-order valence-electron chi connectivity index (χ2n) is 3.98. The van der Waals surface area contributed by atoms with Crippen molar-refractivity contribution in [1.82, 2.24) is 5.32 Å². The molecule has 100 valence electrons. The number of halogens is 1. The van der Waals surface area contributed by atoms with Gasteiger partial charge in [0, 0.05) is 23.7 Å². The average Bonchev–Trinajstić information content (AvgIpc) is 2.39. The Kier molecular flexibility index (Phi) is 5.91. The normalized spacial score (nSPS) is 13.6. The standard InChI is InChI=1S/C12H18ClN3O2/c1-2-10(17)7-15-6-9-4-3-8(5-11(9)13)12(14)16-18/h3-5,10,15,17-18H,2,6-7H2,1H3,(H2,14,16). The first kappa shape index (κ1) is 14.8. The number of nitrogens with zero attached hydrogens (tertiary/aromatic N) is 1. The van der Waals surface area contributed by atoms with Gasteiger partial charge in [-0.1, -0.05) is 35.8 Å². The molecule has 6 heteroatoms. The van der Waals surface area contributed by atoms with Gasteiger partial charge in [0.15, 0.2) is 5.84 Å². The maximum absolute atomic E-state index is 9.40. The molecule has 0 saturated heterocycles. The number of rotatable bonds is 6. The fraction of sp³-hybridized carbons (Fsp3) is 0.417. The van der Waals surface area contributed by atoms with Crippen molar-refractivity contribution in [3.8, 4) is 0 Å². The van der Waals surface area contributed by atoms with Crippen LogP contribution in [0.25, 0.3) is 0 Å². The maximum Gasteiger partial charge on any atom is 0.170 e. The highest BCUT2D eigenvalue weighted by Crippen LogP contribution is 2.17. The Morgan fingerprint density at radius 2 is 2.28 bits per heavy atom. The van der Waals surface area contributed by atoms with E-state index in [-0.39, 0.29) is 11.9 Å². The van der Waals surface area contributed by atoms with E-state index < -0.39 is 0 Å². The van der Waals surface area contributed by atoms with Crippen molar-refractivity contribution in [1.29, 1.82) is 0 Å². The number of nitrogens with one attached hydrogen (secondary N) is 1. The maximum atomic E-state index is 9.40. The lowest BCUT2D eigenvalue weighted by Crippen LogP contribution is -2.25. The molecule has 1 rings (SSSR count). The first-order valence-corrected chi connectivity index (χ1v) is 6.11. The van der Waals surface area contributed by atoms with Gasteiger partial charge in [0.2, 0.25) is 0 Å². The van der Waals surface area contributed by atoms with E-state index in [1.807, 2.05) is 6.92 Å². The van der Waals surface area contributed by atoms with E-state index in [0.29, 0.717) is 30.1 Å². The quantitative estimate of drug-likeness (QED) is 0.272. The fourth-order valence-corrected chi connectivity index (χ4v) is 1.67. The van der Waals surface area contributed by atoms with Crippen molar-refractivity contribution >= 4 is 17.4 Å². The molecule has 0 aliphatic heterocycles. The number of benzene rings is 1. The van der Waals surface area contributed by atoms with E-state index >= 15 is 0 Å². The summed E-state index contributed by atoms with van der Waals surface area (Å²) in [5.41, 5.74) is 6.93. The Balaban J connectivity index is 2.63. The van der Waals surface area contributed by atoms with Crippen molar-refractivity contribution in [2.45, 2.75) is 26.0 Å². The lowest BCUT2D eigenvalue weighted by atomic mass is 10.1. The Bertz CT molecular complexity index is 424. The van der Waals surface area contributed by atoms with Crippen molar-refractivity contribution in [2.75, 3.05) is 6.54 Å². The molecule has 1 aromatic carbocycles. The number of hydrogen-bond donors (Lipinski definition) is 4. The number of aliphatic hydroxyl groups is 1. The summed E-state index contributed by atoms with van der Waals surface area (Å²) in [6, 6.07) is 5.18. The minimum Gasteiger partial charge on any atom is -0.409 e. The summed E-state index contributed by atoms with van der Waals surface area (Å²) >= 11 is 6.08. The number of amidine groups is 1. The molecule has 18 heavy (non-hydrogen) atoms. The molecule has 5 nitrogen and oxygen atoms in total. The van der Waals surface area contributed by atoms with Crippen LogP contribution in [0.1, 0.15) is 24.5 Å². The monoisotopic (exact) mass is 271 g/mol. The lowest BCUT2D eigenvalue weighted by molar-refractivity contribution is 0.167. The Morgan fingerprint density at radius 3 is 2.83 bits per heavy atom. The topological polar surface area (TPSA) is 90.9 Å². The van der Waals surface area contributed by atoms with Crippen molar-refractivity contribution in [3.63, 3.8) is 0 Å². The molecule has 0 radical (unpaired) electrons. The van der Waals surface area contributed by atoms with Crippen LogP contribution in [0.15, 0.2) is 23.4 Å². The number of nitrogens with two attached hydrogens (primary N) is 1. The molecule has 1 aromatic rings. The van der Waals surface area contributed by atoms with Crippen molar-refractivity contribution in [3.05, 3.63) is 34.3 Å². The van der Waals surface area contributed by atoms with E-state index in [4.69, 9.17) is 22.5 Å². The van der Waals surface area contributed by atoms with Gasteiger partial charge < -0.3 is 21.4 Å². The smallest absolute Gasteiger partial charge is 0.170 e. The van der Waals surface area contributed by atoms with Crippen LogP contribution in [-0.2, 0) is 6.54 Å². The molecule has 0 heterocycles. The SMILES string of the molecule is CCC(O)CNCc1ccc(/C(N)=N/O)cc1Cl. The molecule has 0 aromatic heterocycles. The summed E-state index contributed by atoms with van der Waals surface area (Å²) in [6.07, 6.45) is 0.364. The predicted octanol–water partition coefficient (Wildman–Crippen LogP) is 1.29. The van der Waals surface area contributed by atoms with Gasteiger partial charge in [-0.2, -0.15) is 0 Å². The molecule has 5 N–H and O–H groups in total. The summed E-state index contributed by atoms with van der Waals surface area (Å²) in [5, 5.41) is 24.5. The molecule has 0 aliphatic carbocycles. The van der Waals surface area contributed by atoms with Gasteiger partial charge in [-0.25, -0.2) is 0 Å². The molecule has 1 atom stereocenters. The molecule has 1 unspecified atom stereocenters. The highest BCUT2D eigenvalue weighted by molar-refractivity contribution is 6.31. The molecule has 0 amide bonds. The highest BCUT2D eigenvalue weighted by Gasteiger charge is 2.06. The summed E-state index contributed by atoms with van der Waals surface area (Å²) in [6.45, 7) is 3.01. The second kappa shape index (κ2) is 7.20. The van der Waals surface area contributed by atoms with Crippen LogP contribution in [0.4, 0.5) is 0 Å². The van der Waals surface area contributed by atoms with E-state index in [9.17, 15) is 5.11 Å². The zero-order valence-corrected chi connectivity index (χ0v) is 11.0. The van der Waals surface area contributed by atoms with E-state index in [0.717, 1.165) is 5.56 Å². The van der Waals surface area contributed by atoms with Gasteiger partial charge >= 0.3 is 0 Å². The van der Waals surface area contributed by atoms with Gasteiger partial charge in [-0.3, -0.25) is 0 Å². The van der Waals surface area contributed by atoms with Gasteiger partial charge in [0.25, 0.3) is 0 Å². The second-order valence-corrected chi connectivity index (χ2v) is 4.39. The largest absolute Gasteiger partial charge is 0.409 e. The zero-order valence-electron chi connectivity index (χ0n) is 10.2. The summed E-state index contributed by atoms with van der Waals surface area (Å²) in [4.78, 5) is 0. The zero-order chi connectivity index (χ0) is 13.5. The van der Waals surface area contributed by atoms with Crippen LogP contribution in [0.3, 0.4) is 0 Å². The van der Waals surface area contributed by atoms with Gasteiger partial charge in [-0.05, 0) is 18.1 Å². The third-order valence-corrected chi connectivity index (χ3v) is 2.98. The van der Waals surface area contributed by atoms with Crippen LogP contribution >= 0.6 is 11.6 Å². The molecular weight excluding hydrogens is 254 g/mol. The third kappa shape index (κ3) is 4.18. The van der Waals surface area contributed by atoms with Crippen LogP contribution < -0.4 is 11.1 Å². The van der Waals surface area contributed by atoms with Crippen LogP contribution in [-0.4, -0.2) is 28.8 Å². The molecule has 0 bridgehead atoms. The van der Waals surface area contributed by atoms with Crippen molar-refractivity contribution in [2.24, 2.45) is 10.9 Å². The predicted molar refractivity (Wildman–Crippen MR) is 72.0 cm³/mol. The van der Waals surface area contributed by atoms with E-state index in [1.165, 1.54) is 0 Å². The molecule has 0 spiro atoms. The third-order valence-electron chi connectivity index (χ3n) is 2.62. The fourth-order valence-electron chi connectivity index (χ4n) is 1.43. The summed E-state index contributed by atoms with van der Waals surface area (Å²) in [5.74, 6) is 0.0258. The lowest BCUT2D eigenvalue weighted by Gasteiger charge is -2.11. The molecule has 0 fully saturated rings. The highest BCUT2D eigenvalue weighted by atomic mass is 35.5. The van der Waals surface area contributed by atoms with Gasteiger partial charge in [-0.15, -0.1) is 0 Å². The van der Waals surface area contributed by atoms with Gasteiger partial charge in [0.05, 0.1) is 6.10 Å². The molecular formula is C12H18ClN3O2.